The fourth-order valence-electron chi connectivity index (χ4n) is 4.13. The number of imidazole rings is 1. The molecule has 4 aromatic heterocycles. The van der Waals surface area contributed by atoms with Gasteiger partial charge >= 0.3 is 0 Å². The molecule has 6 rings (SSSR count). The fraction of sp³-hybridized carbons (Fsp3) is 0.0800. The van der Waals surface area contributed by atoms with Crippen molar-refractivity contribution >= 4 is 33.1 Å². The maximum absolute atomic E-state index is 15.3. The van der Waals surface area contributed by atoms with Crippen molar-refractivity contribution in [1.29, 1.82) is 0 Å². The average Bonchev–Trinajstić information content (AvgIpc) is 3.27. The number of pyridine rings is 2. The Bertz CT molecular complexity index is 1680. The minimum atomic E-state index is -0.709. The van der Waals surface area contributed by atoms with Crippen LogP contribution in [0.4, 0.5) is 8.78 Å². The van der Waals surface area contributed by atoms with Crippen LogP contribution in [0, 0.1) is 11.6 Å². The second-order valence-corrected chi connectivity index (χ2v) is 7.80. The number of nitrogens with zero attached hydrogens (tertiary/aromatic N) is 6. The van der Waals surface area contributed by atoms with Crippen molar-refractivity contribution in [2.24, 2.45) is 0 Å². The standard InChI is InChI=1S/C25H16F2N6/c1-14(22-18(26)10-20-17(23(22)27)6-4-8-28-20)33-13-31-24-25(33)32-21(12-30-24)16-9-15-5-2-3-7-19(15)29-11-16/h2-14H,1H3. The Morgan fingerprint density at radius 1 is 0.879 bits per heavy atom. The first-order valence-corrected chi connectivity index (χ1v) is 10.4. The molecule has 0 amide bonds. The zero-order valence-corrected chi connectivity index (χ0v) is 17.4. The van der Waals surface area contributed by atoms with Crippen molar-refractivity contribution in [3.05, 3.63) is 90.6 Å². The Labute approximate surface area is 186 Å². The van der Waals surface area contributed by atoms with Crippen molar-refractivity contribution in [1.82, 2.24) is 29.5 Å². The lowest BCUT2D eigenvalue weighted by Gasteiger charge is -2.17. The molecule has 33 heavy (non-hydrogen) atoms. The van der Waals surface area contributed by atoms with Crippen molar-refractivity contribution in [2.75, 3.05) is 0 Å². The Morgan fingerprint density at radius 2 is 1.76 bits per heavy atom. The lowest BCUT2D eigenvalue weighted by molar-refractivity contribution is 0.517. The van der Waals surface area contributed by atoms with Gasteiger partial charge in [-0.05, 0) is 31.2 Å². The molecule has 0 radical (unpaired) electrons. The average molecular weight is 438 g/mol. The molecule has 0 aliphatic carbocycles. The van der Waals surface area contributed by atoms with Gasteiger partial charge in [0.15, 0.2) is 11.3 Å². The van der Waals surface area contributed by atoms with Crippen molar-refractivity contribution in [3.8, 4) is 11.3 Å². The van der Waals surface area contributed by atoms with Crippen LogP contribution in [0.2, 0.25) is 0 Å². The zero-order valence-electron chi connectivity index (χ0n) is 17.4. The first-order valence-electron chi connectivity index (χ1n) is 10.4. The Hall–Kier alpha value is -4.33. The quantitative estimate of drug-likeness (QED) is 0.366. The van der Waals surface area contributed by atoms with Crippen LogP contribution in [0.3, 0.4) is 0 Å². The van der Waals surface area contributed by atoms with E-state index < -0.39 is 17.7 Å². The van der Waals surface area contributed by atoms with Crippen LogP contribution in [0.5, 0.6) is 0 Å². The molecule has 0 spiro atoms. The Kier molecular flexibility index (Phi) is 4.33. The summed E-state index contributed by atoms with van der Waals surface area (Å²) >= 11 is 0. The van der Waals surface area contributed by atoms with Crippen LogP contribution in [0.25, 0.3) is 44.4 Å². The number of benzene rings is 2. The third-order valence-corrected chi connectivity index (χ3v) is 5.84. The van der Waals surface area contributed by atoms with E-state index in [-0.39, 0.29) is 16.5 Å². The van der Waals surface area contributed by atoms with Gasteiger partial charge in [-0.25, -0.2) is 23.7 Å². The summed E-state index contributed by atoms with van der Waals surface area (Å²) in [6.07, 6.45) is 6.37. The van der Waals surface area contributed by atoms with E-state index >= 15 is 4.39 Å². The fourth-order valence-corrected chi connectivity index (χ4v) is 4.13. The van der Waals surface area contributed by atoms with E-state index in [0.717, 1.165) is 16.5 Å². The number of para-hydroxylation sites is 1. The lowest BCUT2D eigenvalue weighted by atomic mass is 10.0. The minimum Gasteiger partial charge on any atom is -0.306 e. The smallest absolute Gasteiger partial charge is 0.197 e. The van der Waals surface area contributed by atoms with Gasteiger partial charge in [-0.15, -0.1) is 0 Å². The summed E-state index contributed by atoms with van der Waals surface area (Å²) < 4.78 is 31.9. The second-order valence-electron chi connectivity index (χ2n) is 7.80. The van der Waals surface area contributed by atoms with Crippen LogP contribution >= 0.6 is 0 Å². The molecule has 0 aliphatic heterocycles. The summed E-state index contributed by atoms with van der Waals surface area (Å²) in [5, 5.41) is 1.24. The van der Waals surface area contributed by atoms with Gasteiger partial charge in [0.2, 0.25) is 0 Å². The summed E-state index contributed by atoms with van der Waals surface area (Å²) in [4.78, 5) is 22.0. The van der Waals surface area contributed by atoms with Gasteiger partial charge in [-0.3, -0.25) is 9.97 Å². The summed E-state index contributed by atoms with van der Waals surface area (Å²) in [6.45, 7) is 1.71. The van der Waals surface area contributed by atoms with Crippen molar-refractivity contribution in [2.45, 2.75) is 13.0 Å². The van der Waals surface area contributed by atoms with Gasteiger partial charge in [0.05, 0.1) is 35.3 Å². The van der Waals surface area contributed by atoms with E-state index in [4.69, 9.17) is 4.98 Å². The first kappa shape index (κ1) is 19.4. The molecule has 1 unspecified atom stereocenters. The third kappa shape index (κ3) is 3.10. The molecule has 160 valence electrons. The number of hydrogen-bond acceptors (Lipinski definition) is 5. The molecule has 0 saturated carbocycles. The highest BCUT2D eigenvalue weighted by molar-refractivity contribution is 5.83. The maximum atomic E-state index is 15.3. The van der Waals surface area contributed by atoms with E-state index in [2.05, 4.69) is 19.9 Å². The van der Waals surface area contributed by atoms with Crippen LogP contribution < -0.4 is 0 Å². The van der Waals surface area contributed by atoms with E-state index in [0.29, 0.717) is 17.0 Å². The number of rotatable bonds is 3. The molecule has 8 heteroatoms. The number of halogens is 2. The number of fused-ring (bicyclic) bond motifs is 3. The van der Waals surface area contributed by atoms with Crippen molar-refractivity contribution in [3.63, 3.8) is 0 Å². The lowest BCUT2D eigenvalue weighted by Crippen LogP contribution is -2.11. The molecule has 6 aromatic rings. The summed E-state index contributed by atoms with van der Waals surface area (Å²) in [6, 6.07) is 13.5. The third-order valence-electron chi connectivity index (χ3n) is 5.84. The van der Waals surface area contributed by atoms with Crippen LogP contribution in [-0.4, -0.2) is 29.5 Å². The predicted molar refractivity (Wildman–Crippen MR) is 122 cm³/mol. The Balaban J connectivity index is 1.49. The van der Waals surface area contributed by atoms with Gasteiger partial charge in [-0.2, -0.15) is 0 Å². The Morgan fingerprint density at radius 3 is 2.67 bits per heavy atom. The summed E-state index contributed by atoms with van der Waals surface area (Å²) in [7, 11) is 0. The zero-order chi connectivity index (χ0) is 22.5. The normalized spacial score (nSPS) is 12.6. The SMILES string of the molecule is CC(c1c(F)cc2ncccc2c1F)n1cnc2ncc(-c3cnc4ccccc4c3)nc21. The monoisotopic (exact) mass is 438 g/mol. The highest BCUT2D eigenvalue weighted by Gasteiger charge is 2.23. The molecule has 0 bridgehead atoms. The highest BCUT2D eigenvalue weighted by atomic mass is 19.1. The molecular formula is C25H16F2N6. The minimum absolute atomic E-state index is 0.0747. The number of hydrogen-bond donors (Lipinski definition) is 0. The topological polar surface area (TPSA) is 69.4 Å². The molecular weight excluding hydrogens is 422 g/mol. The molecule has 1 atom stereocenters. The molecule has 0 fully saturated rings. The largest absolute Gasteiger partial charge is 0.306 e. The van der Waals surface area contributed by atoms with Crippen molar-refractivity contribution < 1.29 is 8.78 Å². The van der Waals surface area contributed by atoms with Crippen LogP contribution in [-0.2, 0) is 0 Å². The second kappa shape index (κ2) is 7.37. The van der Waals surface area contributed by atoms with Gasteiger partial charge in [0.1, 0.15) is 11.6 Å². The molecule has 4 heterocycles. The molecule has 0 saturated heterocycles. The molecule has 0 N–H and O–H groups in total. The van der Waals surface area contributed by atoms with Gasteiger partial charge < -0.3 is 4.57 Å². The number of aromatic nitrogens is 6. The summed E-state index contributed by atoms with van der Waals surface area (Å²) in [5.74, 6) is -1.31. The summed E-state index contributed by atoms with van der Waals surface area (Å²) in [5.41, 5.74) is 3.28. The van der Waals surface area contributed by atoms with E-state index in [1.165, 1.54) is 18.6 Å². The van der Waals surface area contributed by atoms with Crippen LogP contribution in [0.15, 0.2) is 73.4 Å². The van der Waals surface area contributed by atoms with E-state index in [9.17, 15) is 4.39 Å². The van der Waals surface area contributed by atoms with Gasteiger partial charge in [0, 0.05) is 40.4 Å². The molecule has 6 nitrogen and oxygen atoms in total. The molecule has 2 aromatic carbocycles. The van der Waals surface area contributed by atoms with Gasteiger partial charge in [0.25, 0.3) is 0 Å². The first-order chi connectivity index (χ1) is 16.1. The molecule has 0 aliphatic rings. The van der Waals surface area contributed by atoms with Crippen LogP contribution in [0.1, 0.15) is 18.5 Å². The maximum Gasteiger partial charge on any atom is 0.197 e. The van der Waals surface area contributed by atoms with Gasteiger partial charge in [-0.1, -0.05) is 18.2 Å². The predicted octanol–water partition coefficient (Wildman–Crippen LogP) is 5.48. The van der Waals surface area contributed by atoms with E-state index in [1.807, 2.05) is 30.3 Å². The van der Waals surface area contributed by atoms with E-state index in [1.54, 1.807) is 36.0 Å². The highest BCUT2D eigenvalue weighted by Crippen LogP contribution is 2.31.